The second-order valence-electron chi connectivity index (χ2n) is 5.50. The Morgan fingerprint density at radius 3 is 2.50 bits per heavy atom. The maximum absolute atomic E-state index is 12.2. The van der Waals surface area contributed by atoms with E-state index in [1.54, 1.807) is 11.6 Å². The van der Waals surface area contributed by atoms with Crippen LogP contribution in [0.2, 0.25) is 0 Å². The van der Waals surface area contributed by atoms with Crippen molar-refractivity contribution in [3.8, 4) is 0 Å². The van der Waals surface area contributed by atoms with Crippen molar-refractivity contribution in [2.45, 2.75) is 56.1 Å². The lowest BCUT2D eigenvalue weighted by atomic mass is 9.92. The highest BCUT2D eigenvalue weighted by Crippen LogP contribution is 2.20. The molecule has 1 aromatic rings. The van der Waals surface area contributed by atoms with E-state index >= 15 is 0 Å². The van der Waals surface area contributed by atoms with Crippen LogP contribution in [0.4, 0.5) is 0 Å². The molecule has 0 aromatic carbocycles. The van der Waals surface area contributed by atoms with Crippen molar-refractivity contribution in [3.05, 3.63) is 12.5 Å². The van der Waals surface area contributed by atoms with Gasteiger partial charge in [-0.2, -0.15) is 0 Å². The predicted octanol–water partition coefficient (Wildman–Crippen LogP) is 1.01. The van der Waals surface area contributed by atoms with E-state index in [0.717, 1.165) is 38.6 Å². The first-order valence-electron chi connectivity index (χ1n) is 7.25. The smallest absolute Gasteiger partial charge is 0.259 e. The lowest BCUT2D eigenvalue weighted by molar-refractivity contribution is 0.330. The number of hydrogen-bond donors (Lipinski definition) is 2. The molecule has 1 aliphatic rings. The molecule has 1 heterocycles. The zero-order valence-corrected chi connectivity index (χ0v) is 13.0. The molecule has 0 atom stereocenters. The molecule has 0 aliphatic heterocycles. The Bertz CT molecular complexity index is 518. The molecule has 1 aromatic heterocycles. The molecule has 0 unspecified atom stereocenters. The Labute approximate surface area is 121 Å². The van der Waals surface area contributed by atoms with Crippen molar-refractivity contribution in [1.29, 1.82) is 0 Å². The van der Waals surface area contributed by atoms with E-state index in [2.05, 4.69) is 21.9 Å². The van der Waals surface area contributed by atoms with E-state index in [0.29, 0.717) is 6.04 Å². The summed E-state index contributed by atoms with van der Waals surface area (Å²) in [4.78, 5) is 3.91. The molecule has 1 fully saturated rings. The molecule has 7 heteroatoms. The van der Waals surface area contributed by atoms with E-state index in [1.807, 2.05) is 0 Å². The number of rotatable bonds is 6. The summed E-state index contributed by atoms with van der Waals surface area (Å²) < 4.78 is 28.7. The fourth-order valence-electron chi connectivity index (χ4n) is 2.57. The summed E-state index contributed by atoms with van der Waals surface area (Å²) in [7, 11) is -1.72. The van der Waals surface area contributed by atoms with Crippen molar-refractivity contribution in [1.82, 2.24) is 19.6 Å². The van der Waals surface area contributed by atoms with Gasteiger partial charge in [0.15, 0.2) is 5.03 Å². The van der Waals surface area contributed by atoms with Crippen LogP contribution in [0, 0.1) is 0 Å². The van der Waals surface area contributed by atoms with Crippen LogP contribution < -0.4 is 10.0 Å². The number of nitrogens with zero attached hydrogens (tertiary/aromatic N) is 2. The van der Waals surface area contributed by atoms with Gasteiger partial charge >= 0.3 is 0 Å². The minimum absolute atomic E-state index is 0.0293. The molecular weight excluding hydrogens is 276 g/mol. The summed E-state index contributed by atoms with van der Waals surface area (Å²) in [6.07, 6.45) is 7.97. The van der Waals surface area contributed by atoms with E-state index in [4.69, 9.17) is 0 Å². The van der Waals surface area contributed by atoms with Crippen LogP contribution in [0.3, 0.4) is 0 Å². The highest BCUT2D eigenvalue weighted by Gasteiger charge is 2.26. The third kappa shape index (κ3) is 4.04. The topological polar surface area (TPSA) is 76.0 Å². The normalized spacial score (nSPS) is 23.9. The molecule has 0 saturated heterocycles. The first kappa shape index (κ1) is 15.5. The fourth-order valence-corrected chi connectivity index (χ4v) is 3.86. The van der Waals surface area contributed by atoms with Crippen LogP contribution in [0.15, 0.2) is 17.6 Å². The Kier molecular flexibility index (Phi) is 5.17. The Morgan fingerprint density at radius 1 is 1.30 bits per heavy atom. The SMILES string of the molecule is CCCNC1CCC(NS(=O)(=O)c2cn(C)cn2)CC1. The summed E-state index contributed by atoms with van der Waals surface area (Å²) in [5.74, 6) is 0. The first-order valence-corrected chi connectivity index (χ1v) is 8.73. The fraction of sp³-hybridized carbons (Fsp3) is 0.769. The molecule has 1 aliphatic carbocycles. The quantitative estimate of drug-likeness (QED) is 0.822. The summed E-state index contributed by atoms with van der Waals surface area (Å²) in [6.45, 7) is 3.19. The number of imidazole rings is 1. The zero-order valence-electron chi connectivity index (χ0n) is 12.2. The van der Waals surface area contributed by atoms with Gasteiger partial charge in [-0.15, -0.1) is 0 Å². The minimum Gasteiger partial charge on any atom is -0.339 e. The highest BCUT2D eigenvalue weighted by atomic mass is 32.2. The van der Waals surface area contributed by atoms with Crippen molar-refractivity contribution in [3.63, 3.8) is 0 Å². The van der Waals surface area contributed by atoms with E-state index in [1.165, 1.54) is 12.5 Å². The van der Waals surface area contributed by atoms with Gasteiger partial charge in [0.2, 0.25) is 0 Å². The van der Waals surface area contributed by atoms with Gasteiger partial charge < -0.3 is 9.88 Å². The van der Waals surface area contributed by atoms with Crippen LogP contribution in [0.5, 0.6) is 0 Å². The zero-order chi connectivity index (χ0) is 14.6. The van der Waals surface area contributed by atoms with Crippen molar-refractivity contribution in [2.75, 3.05) is 6.54 Å². The summed E-state index contributed by atoms with van der Waals surface area (Å²) >= 11 is 0. The number of hydrogen-bond acceptors (Lipinski definition) is 4. The molecule has 0 bridgehead atoms. The monoisotopic (exact) mass is 300 g/mol. The van der Waals surface area contributed by atoms with Gasteiger partial charge in [0.1, 0.15) is 0 Å². The molecule has 114 valence electrons. The van der Waals surface area contributed by atoms with Gasteiger partial charge in [-0.1, -0.05) is 6.92 Å². The standard InChI is InChI=1S/C13H24N4O2S/c1-3-8-14-11-4-6-12(7-5-11)16-20(18,19)13-9-17(2)10-15-13/h9-12,14,16H,3-8H2,1-2H3. The molecule has 6 nitrogen and oxygen atoms in total. The van der Waals surface area contributed by atoms with Crippen LogP contribution in [0.1, 0.15) is 39.0 Å². The number of sulfonamides is 1. The maximum atomic E-state index is 12.2. The van der Waals surface area contributed by atoms with Crippen molar-refractivity contribution < 1.29 is 8.42 Å². The van der Waals surface area contributed by atoms with E-state index in [-0.39, 0.29) is 11.1 Å². The second-order valence-corrected chi connectivity index (χ2v) is 7.16. The van der Waals surface area contributed by atoms with E-state index < -0.39 is 10.0 Å². The van der Waals surface area contributed by atoms with Crippen LogP contribution >= 0.6 is 0 Å². The van der Waals surface area contributed by atoms with Gasteiger partial charge in [-0.05, 0) is 38.6 Å². The largest absolute Gasteiger partial charge is 0.339 e. The van der Waals surface area contributed by atoms with E-state index in [9.17, 15) is 8.42 Å². The number of aryl methyl sites for hydroxylation is 1. The summed E-state index contributed by atoms with van der Waals surface area (Å²) in [5, 5.41) is 3.60. The lowest BCUT2D eigenvalue weighted by Crippen LogP contribution is -2.42. The second kappa shape index (κ2) is 6.69. The number of aromatic nitrogens is 2. The first-order chi connectivity index (χ1) is 9.51. The predicted molar refractivity (Wildman–Crippen MR) is 77.9 cm³/mol. The van der Waals surface area contributed by atoms with Crippen molar-refractivity contribution in [2.24, 2.45) is 7.05 Å². The number of nitrogens with one attached hydrogen (secondary N) is 2. The lowest BCUT2D eigenvalue weighted by Gasteiger charge is -2.29. The Hall–Kier alpha value is -0.920. The highest BCUT2D eigenvalue weighted by molar-refractivity contribution is 7.89. The molecule has 0 radical (unpaired) electrons. The van der Waals surface area contributed by atoms with Crippen LogP contribution in [-0.2, 0) is 17.1 Å². The molecule has 2 rings (SSSR count). The molecule has 0 spiro atoms. The molecule has 20 heavy (non-hydrogen) atoms. The molecule has 1 saturated carbocycles. The van der Waals surface area contributed by atoms with Crippen molar-refractivity contribution >= 4 is 10.0 Å². The molecule has 2 N–H and O–H groups in total. The summed E-state index contributed by atoms with van der Waals surface area (Å²) in [5.41, 5.74) is 0. The third-order valence-electron chi connectivity index (χ3n) is 3.69. The molecular formula is C13H24N4O2S. The third-order valence-corrected chi connectivity index (χ3v) is 5.09. The van der Waals surface area contributed by atoms with Gasteiger partial charge in [0, 0.05) is 25.3 Å². The van der Waals surface area contributed by atoms with Gasteiger partial charge in [0.25, 0.3) is 10.0 Å². The Balaban J connectivity index is 1.86. The summed E-state index contributed by atoms with van der Waals surface area (Å²) in [6, 6.07) is 0.562. The van der Waals surface area contributed by atoms with Gasteiger partial charge in [-0.3, -0.25) is 0 Å². The van der Waals surface area contributed by atoms with Gasteiger partial charge in [-0.25, -0.2) is 18.1 Å². The Morgan fingerprint density at radius 2 is 1.95 bits per heavy atom. The molecule has 0 amide bonds. The minimum atomic E-state index is -3.48. The van der Waals surface area contributed by atoms with Crippen LogP contribution in [-0.4, -0.2) is 36.6 Å². The maximum Gasteiger partial charge on any atom is 0.259 e. The van der Waals surface area contributed by atoms with Crippen LogP contribution in [0.25, 0.3) is 0 Å². The van der Waals surface area contributed by atoms with Gasteiger partial charge in [0.05, 0.1) is 6.33 Å². The average molecular weight is 300 g/mol. The average Bonchev–Trinajstić information content (AvgIpc) is 2.85.